The second-order valence-electron chi connectivity index (χ2n) is 4.78. The van der Waals surface area contributed by atoms with Gasteiger partial charge in [0.25, 0.3) is 0 Å². The molecule has 0 aromatic carbocycles. The summed E-state index contributed by atoms with van der Waals surface area (Å²) < 4.78 is 6.96. The summed E-state index contributed by atoms with van der Waals surface area (Å²) in [6, 6.07) is 0.0291. The van der Waals surface area contributed by atoms with Crippen molar-refractivity contribution in [3.8, 4) is 0 Å². The molecule has 7 heteroatoms. The van der Waals surface area contributed by atoms with Crippen LogP contribution in [0.2, 0.25) is 0 Å². The molecule has 0 aliphatic carbocycles. The lowest BCUT2D eigenvalue weighted by atomic mass is 10.3. The molecule has 19 heavy (non-hydrogen) atoms. The van der Waals surface area contributed by atoms with Crippen molar-refractivity contribution < 1.29 is 9.66 Å². The summed E-state index contributed by atoms with van der Waals surface area (Å²) in [6.07, 6.45) is 0. The predicted molar refractivity (Wildman–Crippen MR) is 73.6 cm³/mol. The third kappa shape index (κ3) is 3.66. The van der Waals surface area contributed by atoms with Crippen molar-refractivity contribution in [2.75, 3.05) is 18.5 Å². The number of ether oxygens (including phenoxy) is 1. The summed E-state index contributed by atoms with van der Waals surface area (Å²) in [4.78, 5) is 10.8. The lowest BCUT2D eigenvalue weighted by molar-refractivity contribution is -0.384. The highest BCUT2D eigenvalue weighted by Crippen LogP contribution is 2.30. The van der Waals surface area contributed by atoms with Gasteiger partial charge in [0.2, 0.25) is 5.82 Å². The van der Waals surface area contributed by atoms with E-state index in [-0.39, 0.29) is 17.8 Å². The minimum absolute atomic E-state index is 0.0211. The van der Waals surface area contributed by atoms with Crippen LogP contribution in [0.25, 0.3) is 0 Å². The van der Waals surface area contributed by atoms with Crippen LogP contribution in [0.15, 0.2) is 0 Å². The van der Waals surface area contributed by atoms with Crippen LogP contribution in [0.5, 0.6) is 0 Å². The van der Waals surface area contributed by atoms with Gasteiger partial charge in [-0.2, -0.15) is 5.10 Å². The number of aromatic nitrogens is 2. The average Bonchev–Trinajstić information content (AvgIpc) is 2.63. The maximum absolute atomic E-state index is 11.2. The van der Waals surface area contributed by atoms with E-state index in [9.17, 15) is 10.1 Å². The zero-order valence-corrected chi connectivity index (χ0v) is 12.1. The molecule has 7 nitrogen and oxygen atoms in total. The topological polar surface area (TPSA) is 82.2 Å². The fourth-order valence-electron chi connectivity index (χ4n) is 1.84. The Hall–Kier alpha value is -1.63. The van der Waals surface area contributed by atoms with Crippen LogP contribution >= 0.6 is 0 Å². The molecule has 0 fully saturated rings. The van der Waals surface area contributed by atoms with E-state index in [1.807, 2.05) is 27.7 Å². The van der Waals surface area contributed by atoms with Crippen LogP contribution in [-0.2, 0) is 4.74 Å². The number of rotatable bonds is 7. The quantitative estimate of drug-likeness (QED) is 0.608. The van der Waals surface area contributed by atoms with Crippen molar-refractivity contribution in [3.63, 3.8) is 0 Å². The predicted octanol–water partition coefficient (Wildman–Crippen LogP) is 2.52. The van der Waals surface area contributed by atoms with Crippen molar-refractivity contribution in [2.45, 2.75) is 46.7 Å². The van der Waals surface area contributed by atoms with Crippen molar-refractivity contribution >= 4 is 11.5 Å². The van der Waals surface area contributed by atoms with E-state index in [1.165, 1.54) is 0 Å². The number of nitrogens with one attached hydrogen (secondary N) is 1. The number of nitro groups is 1. The highest BCUT2D eigenvalue weighted by Gasteiger charge is 2.27. The van der Waals surface area contributed by atoms with Crippen LogP contribution in [-0.4, -0.2) is 34.0 Å². The van der Waals surface area contributed by atoms with E-state index in [2.05, 4.69) is 10.4 Å². The Balaban J connectivity index is 3.05. The number of anilines is 1. The molecule has 0 radical (unpaired) electrons. The van der Waals surface area contributed by atoms with Crippen LogP contribution in [0.4, 0.5) is 11.5 Å². The van der Waals surface area contributed by atoms with Gasteiger partial charge in [-0.05, 0) is 34.6 Å². The first kappa shape index (κ1) is 15.4. The van der Waals surface area contributed by atoms with Gasteiger partial charge in [-0.3, -0.25) is 10.1 Å². The fourth-order valence-corrected chi connectivity index (χ4v) is 1.84. The summed E-state index contributed by atoms with van der Waals surface area (Å²) in [7, 11) is 0. The molecule has 0 amide bonds. The highest BCUT2D eigenvalue weighted by molar-refractivity contribution is 5.60. The lowest BCUT2D eigenvalue weighted by Crippen LogP contribution is -2.24. The van der Waals surface area contributed by atoms with Crippen LogP contribution < -0.4 is 5.32 Å². The van der Waals surface area contributed by atoms with Gasteiger partial charge in [0.1, 0.15) is 5.69 Å². The Morgan fingerprint density at radius 1 is 1.47 bits per heavy atom. The van der Waals surface area contributed by atoms with Crippen LogP contribution in [0.3, 0.4) is 0 Å². The Kier molecular flexibility index (Phi) is 5.29. The number of hydrogen-bond donors (Lipinski definition) is 1. The molecule has 1 atom stereocenters. The monoisotopic (exact) mass is 270 g/mol. The van der Waals surface area contributed by atoms with E-state index >= 15 is 0 Å². The largest absolute Gasteiger partial charge is 0.380 e. The maximum atomic E-state index is 11.2. The van der Waals surface area contributed by atoms with Gasteiger partial charge in [0, 0.05) is 18.7 Å². The molecule has 1 heterocycles. The number of aryl methyl sites for hydroxylation is 1. The summed E-state index contributed by atoms with van der Waals surface area (Å²) in [5.41, 5.74) is 0.460. The van der Waals surface area contributed by atoms with Crippen LogP contribution in [0.1, 0.15) is 39.4 Å². The lowest BCUT2D eigenvalue weighted by Gasteiger charge is -2.17. The zero-order chi connectivity index (χ0) is 14.6. The Morgan fingerprint density at radius 2 is 2.11 bits per heavy atom. The Morgan fingerprint density at radius 3 is 2.58 bits per heavy atom. The van der Waals surface area contributed by atoms with Gasteiger partial charge < -0.3 is 10.1 Å². The molecule has 1 aromatic rings. The Bertz CT molecular complexity index is 442. The summed E-state index contributed by atoms with van der Waals surface area (Å²) >= 11 is 0. The van der Waals surface area contributed by atoms with Gasteiger partial charge in [-0.15, -0.1) is 0 Å². The first-order chi connectivity index (χ1) is 8.88. The van der Waals surface area contributed by atoms with E-state index in [4.69, 9.17) is 4.74 Å². The first-order valence-corrected chi connectivity index (χ1v) is 6.46. The second kappa shape index (κ2) is 6.51. The second-order valence-corrected chi connectivity index (χ2v) is 4.78. The number of hydrogen-bond acceptors (Lipinski definition) is 5. The Labute approximate surface area is 113 Å². The fraction of sp³-hybridized carbons (Fsp3) is 0.750. The van der Waals surface area contributed by atoms with Gasteiger partial charge in [-0.25, -0.2) is 4.68 Å². The van der Waals surface area contributed by atoms with E-state index in [0.717, 1.165) is 0 Å². The van der Waals surface area contributed by atoms with Crippen molar-refractivity contribution in [1.82, 2.24) is 9.78 Å². The van der Waals surface area contributed by atoms with Gasteiger partial charge in [0.15, 0.2) is 0 Å². The molecule has 1 rings (SSSR count). The van der Waals surface area contributed by atoms with Crippen molar-refractivity contribution in [3.05, 3.63) is 15.8 Å². The van der Waals surface area contributed by atoms with Gasteiger partial charge in [-0.1, -0.05) is 0 Å². The molecule has 0 aliphatic heterocycles. The summed E-state index contributed by atoms with van der Waals surface area (Å²) in [5, 5.41) is 18.5. The summed E-state index contributed by atoms with van der Waals surface area (Å²) in [6.45, 7) is 10.5. The van der Waals surface area contributed by atoms with Crippen LogP contribution in [0, 0.1) is 17.0 Å². The smallest absolute Gasteiger partial charge is 0.333 e. The highest BCUT2D eigenvalue weighted by atomic mass is 16.6. The summed E-state index contributed by atoms with van der Waals surface area (Å²) in [5.74, 6) is 0.449. The molecule has 0 saturated heterocycles. The van der Waals surface area contributed by atoms with Gasteiger partial charge in [0.05, 0.1) is 11.5 Å². The molecule has 0 bridgehead atoms. The SMILES string of the molecule is CCOCC(C)Nc1c([N+](=O)[O-])c(C)nn1C(C)C. The molecule has 0 saturated carbocycles. The normalized spacial score (nSPS) is 12.7. The first-order valence-electron chi connectivity index (χ1n) is 6.46. The molecule has 1 aromatic heterocycles. The van der Waals surface area contributed by atoms with E-state index < -0.39 is 4.92 Å². The standard InChI is InChI=1S/C12H22N4O3/c1-6-19-7-9(4)13-12-11(16(17)18)10(5)14-15(12)8(2)3/h8-9,13H,6-7H2,1-5H3. The molecule has 1 N–H and O–H groups in total. The molecular formula is C12H22N4O3. The van der Waals surface area contributed by atoms with Gasteiger partial charge >= 0.3 is 5.69 Å². The van der Waals surface area contributed by atoms with Crippen molar-refractivity contribution in [1.29, 1.82) is 0 Å². The average molecular weight is 270 g/mol. The van der Waals surface area contributed by atoms with Crippen molar-refractivity contribution in [2.24, 2.45) is 0 Å². The molecule has 1 unspecified atom stereocenters. The van der Waals surface area contributed by atoms with E-state index in [0.29, 0.717) is 24.7 Å². The zero-order valence-electron chi connectivity index (χ0n) is 12.1. The van der Waals surface area contributed by atoms with E-state index in [1.54, 1.807) is 11.6 Å². The molecule has 0 aliphatic rings. The third-order valence-corrected chi connectivity index (χ3v) is 2.68. The minimum Gasteiger partial charge on any atom is -0.380 e. The maximum Gasteiger partial charge on any atom is 0.333 e. The number of nitrogens with zero attached hydrogens (tertiary/aromatic N) is 3. The minimum atomic E-state index is -0.392. The molecule has 0 spiro atoms. The molecular weight excluding hydrogens is 248 g/mol. The third-order valence-electron chi connectivity index (χ3n) is 2.68. The molecule has 108 valence electrons.